The van der Waals surface area contributed by atoms with Crippen LogP contribution < -0.4 is 11.1 Å². The van der Waals surface area contributed by atoms with Crippen LogP contribution in [0, 0.1) is 5.92 Å². The third-order valence-electron chi connectivity index (χ3n) is 2.62. The topological polar surface area (TPSA) is 68.0 Å². The number of thiazole rings is 1. The van der Waals surface area contributed by atoms with E-state index in [0.717, 1.165) is 24.3 Å². The summed E-state index contributed by atoms with van der Waals surface area (Å²) in [5, 5.41) is 4.00. The molecule has 7 heteroatoms. The molecule has 1 atom stereocenters. The molecule has 0 aromatic carbocycles. The molecule has 0 saturated carbocycles. The van der Waals surface area contributed by atoms with Crippen LogP contribution in [0.1, 0.15) is 48.3 Å². The molecule has 0 saturated heterocycles. The highest BCUT2D eigenvalue weighted by Gasteiger charge is 2.15. The van der Waals surface area contributed by atoms with Gasteiger partial charge in [-0.05, 0) is 25.2 Å². The van der Waals surface area contributed by atoms with Gasteiger partial charge in [0.15, 0.2) is 0 Å². The molecule has 118 valence electrons. The van der Waals surface area contributed by atoms with Crippen LogP contribution in [0.2, 0.25) is 0 Å². The molecule has 0 bridgehead atoms. The molecule has 0 aliphatic heterocycles. The van der Waals surface area contributed by atoms with Gasteiger partial charge in [-0.2, -0.15) is 0 Å². The van der Waals surface area contributed by atoms with Crippen LogP contribution in [-0.2, 0) is 6.42 Å². The normalized spacial score (nSPS) is 11.4. The summed E-state index contributed by atoms with van der Waals surface area (Å²) in [5.74, 6) is 0.474. The number of carbonyl (C=O) groups excluding carboxylic acids is 1. The summed E-state index contributed by atoms with van der Waals surface area (Å²) in [5.41, 5.74) is 5.67. The molecule has 1 amide bonds. The van der Waals surface area contributed by atoms with Crippen molar-refractivity contribution in [1.82, 2.24) is 10.3 Å². The van der Waals surface area contributed by atoms with E-state index in [9.17, 15) is 4.79 Å². The van der Waals surface area contributed by atoms with Gasteiger partial charge in [-0.15, -0.1) is 36.2 Å². The number of rotatable bonds is 7. The van der Waals surface area contributed by atoms with Crippen LogP contribution in [0.3, 0.4) is 0 Å². The first-order valence-electron chi connectivity index (χ1n) is 6.52. The fourth-order valence-corrected chi connectivity index (χ4v) is 2.71. The Kier molecular flexibility index (Phi) is 12.4. The highest BCUT2D eigenvalue weighted by Crippen LogP contribution is 2.15. The van der Waals surface area contributed by atoms with E-state index in [-0.39, 0.29) is 36.8 Å². The molecule has 4 nitrogen and oxygen atoms in total. The first kappa shape index (κ1) is 21.9. The number of hydrogen-bond acceptors (Lipinski definition) is 4. The van der Waals surface area contributed by atoms with Gasteiger partial charge in [0, 0.05) is 12.6 Å². The summed E-state index contributed by atoms with van der Waals surface area (Å²) in [6, 6.07) is 0.0502. The van der Waals surface area contributed by atoms with E-state index in [4.69, 9.17) is 5.73 Å². The lowest BCUT2D eigenvalue weighted by Gasteiger charge is -2.18. The van der Waals surface area contributed by atoms with Gasteiger partial charge in [0.25, 0.3) is 5.91 Å². The second-order valence-corrected chi connectivity index (χ2v) is 6.02. The Bertz CT molecular complexity index is 385. The minimum Gasteiger partial charge on any atom is -0.347 e. The third-order valence-corrected chi connectivity index (χ3v) is 3.67. The number of hydrogen-bond donors (Lipinski definition) is 2. The number of carbonyl (C=O) groups is 1. The van der Waals surface area contributed by atoms with Crippen molar-refractivity contribution in [2.75, 3.05) is 6.54 Å². The van der Waals surface area contributed by atoms with Crippen LogP contribution in [0.15, 0.2) is 6.20 Å². The van der Waals surface area contributed by atoms with E-state index in [1.807, 2.05) is 0 Å². The Labute approximate surface area is 137 Å². The van der Waals surface area contributed by atoms with Crippen molar-refractivity contribution in [3.63, 3.8) is 0 Å². The molecule has 1 heterocycles. The maximum atomic E-state index is 12.0. The molecule has 3 N–H and O–H groups in total. The highest BCUT2D eigenvalue weighted by atomic mass is 35.5. The smallest absolute Gasteiger partial charge is 0.263 e. The van der Waals surface area contributed by atoms with Gasteiger partial charge in [0.05, 0.1) is 11.2 Å². The van der Waals surface area contributed by atoms with E-state index in [2.05, 4.69) is 31.1 Å². The summed E-state index contributed by atoms with van der Waals surface area (Å²) >= 11 is 1.47. The summed E-state index contributed by atoms with van der Waals surface area (Å²) in [7, 11) is 0. The zero-order valence-electron chi connectivity index (χ0n) is 12.2. The Balaban J connectivity index is 0. The molecule has 0 radical (unpaired) electrons. The Morgan fingerprint density at radius 2 is 2.10 bits per heavy atom. The van der Waals surface area contributed by atoms with Crippen LogP contribution in [0.4, 0.5) is 0 Å². The van der Waals surface area contributed by atoms with Crippen LogP contribution in [0.25, 0.3) is 0 Å². The SMILES string of the molecule is CCCc1ncc(C(=O)NC(CN)CC(C)C)s1.Cl.Cl. The first-order valence-corrected chi connectivity index (χ1v) is 7.34. The quantitative estimate of drug-likeness (QED) is 0.800. The summed E-state index contributed by atoms with van der Waals surface area (Å²) in [6.45, 7) is 6.83. The number of nitrogens with one attached hydrogen (secondary N) is 1. The monoisotopic (exact) mass is 341 g/mol. The minimum atomic E-state index is -0.0500. The first-order chi connectivity index (χ1) is 8.56. The molecule has 1 aromatic heterocycles. The summed E-state index contributed by atoms with van der Waals surface area (Å²) < 4.78 is 0. The predicted octanol–water partition coefficient (Wildman–Crippen LogP) is 3.04. The van der Waals surface area contributed by atoms with E-state index in [0.29, 0.717) is 17.3 Å². The minimum absolute atomic E-state index is 0. The Morgan fingerprint density at radius 1 is 1.45 bits per heavy atom. The van der Waals surface area contributed by atoms with E-state index in [1.54, 1.807) is 6.20 Å². The number of aromatic nitrogens is 1. The number of nitrogens with zero attached hydrogens (tertiary/aromatic N) is 1. The van der Waals surface area contributed by atoms with Crippen molar-refractivity contribution in [3.05, 3.63) is 16.1 Å². The Hall–Kier alpha value is -0.360. The van der Waals surface area contributed by atoms with Gasteiger partial charge in [-0.3, -0.25) is 4.79 Å². The van der Waals surface area contributed by atoms with Gasteiger partial charge in [-0.25, -0.2) is 4.98 Å². The third kappa shape index (κ3) is 7.43. The standard InChI is InChI=1S/C13H23N3OS.2ClH/c1-4-5-12-15-8-11(18-12)13(17)16-10(7-14)6-9(2)3;;/h8-10H,4-7,14H2,1-3H3,(H,16,17);2*1H. The fraction of sp³-hybridized carbons (Fsp3) is 0.692. The average Bonchev–Trinajstić information content (AvgIpc) is 2.76. The number of nitrogens with two attached hydrogens (primary N) is 1. The largest absolute Gasteiger partial charge is 0.347 e. The molecule has 20 heavy (non-hydrogen) atoms. The van der Waals surface area contributed by atoms with Gasteiger partial charge in [-0.1, -0.05) is 20.8 Å². The zero-order chi connectivity index (χ0) is 13.5. The van der Waals surface area contributed by atoms with Gasteiger partial charge >= 0.3 is 0 Å². The van der Waals surface area contributed by atoms with Gasteiger partial charge in [0.1, 0.15) is 4.88 Å². The lowest BCUT2D eigenvalue weighted by atomic mass is 10.0. The zero-order valence-corrected chi connectivity index (χ0v) is 14.7. The molecule has 0 aliphatic rings. The Morgan fingerprint density at radius 3 is 2.60 bits per heavy atom. The average molecular weight is 342 g/mol. The molecule has 1 unspecified atom stereocenters. The van der Waals surface area contributed by atoms with Crippen molar-refractivity contribution in [2.24, 2.45) is 11.7 Å². The molecular weight excluding hydrogens is 317 g/mol. The second kappa shape index (κ2) is 11.3. The van der Waals surface area contributed by atoms with Crippen LogP contribution >= 0.6 is 36.2 Å². The number of halogens is 2. The van der Waals surface area contributed by atoms with E-state index in [1.165, 1.54) is 11.3 Å². The maximum absolute atomic E-state index is 12.0. The van der Waals surface area contributed by atoms with E-state index >= 15 is 0 Å². The lowest BCUT2D eigenvalue weighted by Crippen LogP contribution is -2.40. The molecule has 0 spiro atoms. The number of aryl methyl sites for hydroxylation is 1. The van der Waals surface area contributed by atoms with Crippen molar-refractivity contribution in [1.29, 1.82) is 0 Å². The number of amides is 1. The van der Waals surface area contributed by atoms with Crippen LogP contribution in [0.5, 0.6) is 0 Å². The molecule has 1 rings (SSSR count). The summed E-state index contributed by atoms with van der Waals surface area (Å²) in [4.78, 5) is 16.9. The highest BCUT2D eigenvalue weighted by molar-refractivity contribution is 7.13. The summed E-state index contributed by atoms with van der Waals surface area (Å²) in [6.07, 6.45) is 4.55. The second-order valence-electron chi connectivity index (χ2n) is 4.90. The molecule has 0 fully saturated rings. The molecule has 1 aromatic rings. The van der Waals surface area contributed by atoms with Crippen molar-refractivity contribution >= 4 is 42.1 Å². The molecule has 0 aliphatic carbocycles. The predicted molar refractivity (Wildman–Crippen MR) is 90.4 cm³/mol. The van der Waals surface area contributed by atoms with Crippen molar-refractivity contribution < 1.29 is 4.79 Å². The lowest BCUT2D eigenvalue weighted by molar-refractivity contribution is 0.0937. The van der Waals surface area contributed by atoms with Crippen LogP contribution in [-0.4, -0.2) is 23.5 Å². The maximum Gasteiger partial charge on any atom is 0.263 e. The van der Waals surface area contributed by atoms with Crippen molar-refractivity contribution in [2.45, 2.75) is 46.1 Å². The van der Waals surface area contributed by atoms with Gasteiger partial charge in [0.2, 0.25) is 0 Å². The fourth-order valence-electron chi connectivity index (χ4n) is 1.78. The van der Waals surface area contributed by atoms with Crippen molar-refractivity contribution in [3.8, 4) is 0 Å². The van der Waals surface area contributed by atoms with E-state index < -0.39 is 0 Å². The van der Waals surface area contributed by atoms with Gasteiger partial charge < -0.3 is 11.1 Å². The molecular formula is C13H25Cl2N3OS.